The minimum Gasteiger partial charge on any atom is -0.362 e. The van der Waals surface area contributed by atoms with E-state index < -0.39 is 32.0 Å². The summed E-state index contributed by atoms with van der Waals surface area (Å²) < 4.78 is 68.8. The Morgan fingerprint density at radius 3 is 1.35 bits per heavy atom. The predicted octanol–water partition coefficient (Wildman–Crippen LogP) is 5.14. The van der Waals surface area contributed by atoms with Gasteiger partial charge in [-0.25, -0.2) is 8.37 Å². The second kappa shape index (κ2) is 10.8. The van der Waals surface area contributed by atoms with Gasteiger partial charge in [0.2, 0.25) is 0 Å². The molecule has 0 aliphatic heterocycles. The third-order valence-corrected chi connectivity index (χ3v) is 6.71. The van der Waals surface area contributed by atoms with Crippen LogP contribution in [0.2, 0.25) is 0 Å². The highest BCUT2D eigenvalue weighted by Crippen LogP contribution is 2.33. The first-order valence-corrected chi connectivity index (χ1v) is 14.1. The van der Waals surface area contributed by atoms with Crippen LogP contribution in [-0.4, -0.2) is 33.0 Å². The minimum absolute atomic E-state index is 0.0978. The molecule has 0 radical (unpaired) electrons. The molecular weight excluding hydrogens is 518 g/mol. The van der Waals surface area contributed by atoms with Crippen LogP contribution in [0.1, 0.15) is 64.3 Å². The smallest absolute Gasteiger partial charge is 0.362 e. The van der Waals surface area contributed by atoms with E-state index in [1.807, 2.05) is 12.1 Å². The molecule has 0 atom stereocenters. The number of hydrogen-bond donors (Lipinski definition) is 0. The van der Waals surface area contributed by atoms with E-state index in [9.17, 15) is 16.8 Å². The molecule has 1 heterocycles. The molecule has 11 heteroatoms. The van der Waals surface area contributed by atoms with Gasteiger partial charge in [-0.15, -0.1) is 0 Å². The topological polar surface area (TPSA) is 118 Å². The number of benzene rings is 2. The summed E-state index contributed by atoms with van der Waals surface area (Å²) in [6.07, 6.45) is 1.67. The maximum atomic E-state index is 12.2. The predicted molar refractivity (Wildman–Crippen MR) is 139 cm³/mol. The van der Waals surface area contributed by atoms with E-state index in [1.54, 1.807) is 78.1 Å². The Bertz CT molecular complexity index is 1300. The van der Waals surface area contributed by atoms with E-state index in [0.29, 0.717) is 0 Å². The maximum Gasteiger partial charge on any atom is 0.449 e. The van der Waals surface area contributed by atoms with Gasteiger partial charge in [-0.05, 0) is 89.1 Å². The summed E-state index contributed by atoms with van der Waals surface area (Å²) in [5.41, 5.74) is 0.473. The quantitative estimate of drug-likeness (QED) is 0.357. The second-order valence-electron chi connectivity index (χ2n) is 10.2. The Kier molecular flexibility index (Phi) is 8.33. The Morgan fingerprint density at radius 2 is 1.03 bits per heavy atom. The van der Waals surface area contributed by atoms with Gasteiger partial charge in [-0.3, -0.25) is 4.98 Å². The molecule has 0 fully saturated rings. The number of rotatable bonds is 9. The van der Waals surface area contributed by atoms with Crippen molar-refractivity contribution in [3.05, 3.63) is 89.7 Å². The number of aromatic nitrogens is 1. The average Bonchev–Trinajstić information content (AvgIpc) is 2.73. The van der Waals surface area contributed by atoms with Crippen LogP contribution in [0, 0.1) is 0 Å². The summed E-state index contributed by atoms with van der Waals surface area (Å²) in [6, 6.07) is 18.6. The van der Waals surface area contributed by atoms with Gasteiger partial charge in [-0.2, -0.15) is 16.8 Å². The Balaban J connectivity index is 1.88. The zero-order valence-electron chi connectivity index (χ0n) is 21.5. The third-order valence-electron chi connectivity index (χ3n) is 4.51. The molecule has 9 nitrogen and oxygen atoms in total. The van der Waals surface area contributed by atoms with E-state index in [1.165, 1.54) is 24.3 Å². The average molecular weight is 550 g/mol. The lowest BCUT2D eigenvalue weighted by atomic mass is 9.88. The van der Waals surface area contributed by atoms with Crippen molar-refractivity contribution in [2.24, 2.45) is 0 Å². The minimum atomic E-state index is -4.25. The van der Waals surface area contributed by atoms with Gasteiger partial charge >= 0.3 is 20.8 Å². The van der Waals surface area contributed by atoms with Crippen molar-refractivity contribution in [3.63, 3.8) is 0 Å². The summed E-state index contributed by atoms with van der Waals surface area (Å²) in [5.74, 6) is -0.143. The first kappa shape index (κ1) is 28.6. The molecule has 37 heavy (non-hydrogen) atoms. The number of nitrogens with zero attached hydrogens (tertiary/aromatic N) is 1. The van der Waals surface area contributed by atoms with Crippen molar-refractivity contribution in [2.45, 2.75) is 58.7 Å². The van der Waals surface area contributed by atoms with Crippen LogP contribution in [0.15, 0.2) is 72.9 Å². The van der Waals surface area contributed by atoms with Crippen molar-refractivity contribution in [1.29, 1.82) is 0 Å². The molecule has 0 saturated heterocycles. The van der Waals surface area contributed by atoms with Crippen molar-refractivity contribution in [3.8, 4) is 11.5 Å². The van der Waals surface area contributed by atoms with E-state index in [-0.39, 0.29) is 17.4 Å². The monoisotopic (exact) mass is 549 g/mol. The molecule has 200 valence electrons. The van der Waals surface area contributed by atoms with Crippen LogP contribution in [0.5, 0.6) is 11.5 Å². The third kappa shape index (κ3) is 9.12. The summed E-state index contributed by atoms with van der Waals surface area (Å²) in [4.78, 5) is 4.48. The molecule has 1 aromatic heterocycles. The molecule has 3 aromatic rings. The first-order valence-electron chi connectivity index (χ1n) is 11.4. The van der Waals surface area contributed by atoms with Crippen LogP contribution in [0.25, 0.3) is 0 Å². The van der Waals surface area contributed by atoms with Gasteiger partial charge < -0.3 is 8.37 Å². The van der Waals surface area contributed by atoms with Crippen LogP contribution >= 0.6 is 0 Å². The second-order valence-corrected chi connectivity index (χ2v) is 12.5. The van der Waals surface area contributed by atoms with Crippen molar-refractivity contribution >= 4 is 20.8 Å². The summed E-state index contributed by atoms with van der Waals surface area (Å²) >= 11 is 0. The van der Waals surface area contributed by atoms with Crippen LogP contribution in [0.3, 0.4) is 0 Å². The van der Waals surface area contributed by atoms with Crippen LogP contribution in [-0.2, 0) is 29.2 Å². The number of hydrogen-bond acceptors (Lipinski definition) is 9. The molecular formula is C26H31NO8S2. The van der Waals surface area contributed by atoms with Gasteiger partial charge in [0, 0.05) is 6.20 Å². The fourth-order valence-electron chi connectivity index (χ4n) is 3.39. The standard InChI is InChI=1S/C26H31NO8S2/c1-25(2,3)34-36(28,29)32-21-14-10-19(11-15-21)24(23-9-7-8-18-27-23)20-12-16-22(17-13-20)33-37(30,31)35-26(4,5)6/h7-18,24H,1-6H3. The first-order chi connectivity index (χ1) is 17.0. The van der Waals surface area contributed by atoms with Gasteiger partial charge in [0.1, 0.15) is 11.5 Å². The fourth-order valence-corrected chi connectivity index (χ4v) is 5.38. The van der Waals surface area contributed by atoms with E-state index in [0.717, 1.165) is 16.8 Å². The molecule has 0 aliphatic carbocycles. The maximum absolute atomic E-state index is 12.2. The molecule has 0 amide bonds. The van der Waals surface area contributed by atoms with E-state index >= 15 is 0 Å². The highest BCUT2D eigenvalue weighted by Gasteiger charge is 2.26. The molecule has 0 unspecified atom stereocenters. The summed E-state index contributed by atoms with van der Waals surface area (Å²) in [5, 5.41) is 0. The molecule has 3 rings (SSSR count). The SMILES string of the molecule is CC(C)(C)OS(=O)(=O)Oc1ccc(C(c2ccc(OS(=O)(=O)OC(C)(C)C)cc2)c2ccccn2)cc1. The van der Waals surface area contributed by atoms with Gasteiger partial charge in [0.05, 0.1) is 22.8 Å². The zero-order chi connectivity index (χ0) is 27.5. The van der Waals surface area contributed by atoms with Crippen LogP contribution in [0.4, 0.5) is 0 Å². The molecule has 2 aromatic carbocycles. The lowest BCUT2D eigenvalue weighted by Crippen LogP contribution is -2.27. The largest absolute Gasteiger partial charge is 0.449 e. The molecule has 0 N–H and O–H groups in total. The number of pyridine rings is 1. The Labute approximate surface area is 219 Å². The van der Waals surface area contributed by atoms with Crippen molar-refractivity contribution in [1.82, 2.24) is 4.98 Å². The lowest BCUT2D eigenvalue weighted by Gasteiger charge is -2.20. The van der Waals surface area contributed by atoms with Gasteiger partial charge in [-0.1, -0.05) is 30.3 Å². The van der Waals surface area contributed by atoms with E-state index in [2.05, 4.69) is 4.98 Å². The summed E-state index contributed by atoms with van der Waals surface area (Å²) in [6.45, 7) is 9.65. The normalized spacial score (nSPS) is 12.9. The lowest BCUT2D eigenvalue weighted by molar-refractivity contribution is 0.120. The highest BCUT2D eigenvalue weighted by atomic mass is 32.3. The van der Waals surface area contributed by atoms with Crippen molar-refractivity contribution in [2.75, 3.05) is 0 Å². The van der Waals surface area contributed by atoms with Gasteiger partial charge in [0.25, 0.3) is 0 Å². The zero-order valence-corrected chi connectivity index (χ0v) is 23.2. The summed E-state index contributed by atoms with van der Waals surface area (Å²) in [7, 11) is -8.49. The highest BCUT2D eigenvalue weighted by molar-refractivity contribution is 7.82. The molecule has 0 aliphatic rings. The fraction of sp³-hybridized carbons (Fsp3) is 0.346. The molecule has 0 saturated carbocycles. The Morgan fingerprint density at radius 1 is 0.622 bits per heavy atom. The van der Waals surface area contributed by atoms with E-state index in [4.69, 9.17) is 16.7 Å². The van der Waals surface area contributed by atoms with Crippen molar-refractivity contribution < 1.29 is 33.6 Å². The van der Waals surface area contributed by atoms with Crippen LogP contribution < -0.4 is 8.37 Å². The Hall–Kier alpha value is -2.99. The molecule has 0 spiro atoms. The van der Waals surface area contributed by atoms with Gasteiger partial charge in [0.15, 0.2) is 0 Å². The molecule has 0 bridgehead atoms.